The zero-order valence-electron chi connectivity index (χ0n) is 28.7. The highest BCUT2D eigenvalue weighted by Gasteiger charge is 2.17. The lowest BCUT2D eigenvalue weighted by atomic mass is 9.96. The summed E-state index contributed by atoms with van der Waals surface area (Å²) in [4.78, 5) is 9.77. The average Bonchev–Trinajstić information content (AvgIpc) is 3.70. The maximum atomic E-state index is 6.24. The average molecular weight is 671 g/mol. The second-order valence-corrected chi connectivity index (χ2v) is 13.8. The van der Waals surface area contributed by atoms with Gasteiger partial charge in [-0.15, -0.1) is 0 Å². The number of aryl methyl sites for hydroxylation is 1. The topological polar surface area (TPSA) is 52.1 Å². The molecule has 0 saturated carbocycles. The first-order valence-corrected chi connectivity index (χ1v) is 17.9. The highest BCUT2D eigenvalue weighted by molar-refractivity contribution is 6.06. The van der Waals surface area contributed by atoms with Gasteiger partial charge in [0.1, 0.15) is 22.5 Å². The van der Waals surface area contributed by atoms with Crippen LogP contribution in [0.3, 0.4) is 0 Å². The first-order valence-electron chi connectivity index (χ1n) is 17.9. The van der Waals surface area contributed by atoms with Gasteiger partial charge in [-0.2, -0.15) is 0 Å². The monoisotopic (exact) mass is 670 g/mol. The van der Waals surface area contributed by atoms with Crippen molar-refractivity contribution in [3.63, 3.8) is 0 Å². The summed E-state index contributed by atoms with van der Waals surface area (Å²) in [7, 11) is 0. The number of benzene rings is 6. The lowest BCUT2D eigenvalue weighted by Gasteiger charge is -2.10. The van der Waals surface area contributed by atoms with Crippen molar-refractivity contribution in [1.82, 2.24) is 9.97 Å². The minimum atomic E-state index is 0.559. The third-order valence-electron chi connectivity index (χ3n) is 10.4. The van der Waals surface area contributed by atoms with Crippen molar-refractivity contribution in [2.75, 3.05) is 0 Å². The van der Waals surface area contributed by atoms with Crippen LogP contribution in [-0.4, -0.2) is 9.97 Å². The van der Waals surface area contributed by atoms with Crippen LogP contribution in [0.1, 0.15) is 24.7 Å². The van der Waals surface area contributed by atoms with Crippen LogP contribution in [0.2, 0.25) is 0 Å². The lowest BCUT2D eigenvalue weighted by molar-refractivity contribution is 0.597. The van der Waals surface area contributed by atoms with Crippen molar-refractivity contribution < 1.29 is 8.83 Å². The number of fused-ring (bicyclic) bond motifs is 6. The summed E-state index contributed by atoms with van der Waals surface area (Å²) in [6, 6.07) is 49.0. The van der Waals surface area contributed by atoms with E-state index in [9.17, 15) is 0 Å². The van der Waals surface area contributed by atoms with Gasteiger partial charge >= 0.3 is 0 Å². The highest BCUT2D eigenvalue weighted by atomic mass is 16.3. The number of furan rings is 2. The van der Waals surface area contributed by atoms with Crippen molar-refractivity contribution in [2.45, 2.75) is 19.8 Å². The zero-order chi connectivity index (χ0) is 34.6. The van der Waals surface area contributed by atoms with Crippen LogP contribution < -0.4 is 0 Å². The van der Waals surface area contributed by atoms with Crippen molar-refractivity contribution in [1.29, 1.82) is 0 Å². The maximum Gasteiger partial charge on any atom is 0.159 e. The van der Waals surface area contributed by atoms with Crippen LogP contribution in [0.4, 0.5) is 0 Å². The van der Waals surface area contributed by atoms with E-state index < -0.39 is 0 Å². The number of aromatic nitrogens is 2. The Labute approximate surface area is 301 Å². The van der Waals surface area contributed by atoms with Gasteiger partial charge in [0, 0.05) is 39.0 Å². The van der Waals surface area contributed by atoms with E-state index in [1.165, 1.54) is 22.1 Å². The molecule has 0 aliphatic heterocycles. The number of hydrogen-bond acceptors (Lipinski definition) is 4. The standard InChI is InChI=1S/C48H34N2O2/c1-30-15-19-40-42-29-35(17-22-47(42)52-45(40)20-16-30)32-8-4-7-31(25-32)34-10-6-12-38(27-34)48-49-24-23-43(50-48)37-11-5-9-33(26-37)36-18-21-46-41(28-36)39-13-2-3-14-44(39)51-46/h2-14,16-18,20-30H,15,19H2,1H3. The van der Waals surface area contributed by atoms with Gasteiger partial charge in [0.15, 0.2) is 5.82 Å². The molecule has 0 amide bonds. The van der Waals surface area contributed by atoms with Gasteiger partial charge in [-0.1, -0.05) is 97.9 Å². The summed E-state index contributed by atoms with van der Waals surface area (Å²) >= 11 is 0. The quantitative estimate of drug-likeness (QED) is 0.183. The Hall–Kier alpha value is -6.52. The van der Waals surface area contributed by atoms with Crippen LogP contribution in [0.15, 0.2) is 161 Å². The molecule has 9 aromatic rings. The van der Waals surface area contributed by atoms with Crippen molar-refractivity contribution in [2.24, 2.45) is 5.92 Å². The van der Waals surface area contributed by atoms with Gasteiger partial charge in [-0.05, 0) is 113 Å². The minimum absolute atomic E-state index is 0.559. The first-order chi connectivity index (χ1) is 25.6. The SMILES string of the molecule is CC1C=Cc2oc3ccc(-c4cccc(-c5cccc(-c6nccc(-c7cccc(-c8ccc9oc%10ccccc%10c9c8)c7)n6)c5)c4)cc3c2CC1. The molecular formula is C48H34N2O2. The normalized spacial score (nSPS) is 14.2. The van der Waals surface area contributed by atoms with E-state index in [-0.39, 0.29) is 0 Å². The second kappa shape index (κ2) is 12.4. The third kappa shape index (κ3) is 5.41. The van der Waals surface area contributed by atoms with Gasteiger partial charge in [-0.3, -0.25) is 0 Å². The molecule has 248 valence electrons. The molecule has 4 nitrogen and oxygen atoms in total. The van der Waals surface area contributed by atoms with Crippen LogP contribution >= 0.6 is 0 Å². The molecule has 52 heavy (non-hydrogen) atoms. The van der Waals surface area contributed by atoms with Gasteiger partial charge in [0.05, 0.1) is 5.69 Å². The molecular weight excluding hydrogens is 637 g/mol. The maximum absolute atomic E-state index is 6.24. The Bertz CT molecular complexity index is 2840. The lowest BCUT2D eigenvalue weighted by Crippen LogP contribution is -1.92. The first kappa shape index (κ1) is 30.3. The van der Waals surface area contributed by atoms with Gasteiger partial charge in [-0.25, -0.2) is 9.97 Å². The fourth-order valence-corrected chi connectivity index (χ4v) is 7.60. The largest absolute Gasteiger partial charge is 0.456 e. The molecule has 6 aromatic carbocycles. The van der Waals surface area contributed by atoms with E-state index in [0.29, 0.717) is 11.7 Å². The number of hydrogen-bond donors (Lipinski definition) is 0. The van der Waals surface area contributed by atoms with E-state index in [1.54, 1.807) is 0 Å². The van der Waals surface area contributed by atoms with Gasteiger partial charge < -0.3 is 8.83 Å². The van der Waals surface area contributed by atoms with Crippen molar-refractivity contribution in [3.05, 3.63) is 163 Å². The Morgan fingerprint density at radius 2 is 1.12 bits per heavy atom. The molecule has 0 spiro atoms. The number of para-hydroxylation sites is 1. The highest BCUT2D eigenvalue weighted by Crippen LogP contribution is 2.37. The predicted molar refractivity (Wildman–Crippen MR) is 213 cm³/mol. The Kier molecular flexibility index (Phi) is 7.21. The summed E-state index contributed by atoms with van der Waals surface area (Å²) in [5, 5.41) is 3.46. The van der Waals surface area contributed by atoms with E-state index >= 15 is 0 Å². The summed E-state index contributed by atoms with van der Waals surface area (Å²) in [5.41, 5.74) is 13.9. The van der Waals surface area contributed by atoms with E-state index in [1.807, 2.05) is 24.4 Å². The number of rotatable bonds is 5. The van der Waals surface area contributed by atoms with Gasteiger partial charge in [0.2, 0.25) is 0 Å². The molecule has 3 heterocycles. The van der Waals surface area contributed by atoms with Crippen LogP contribution in [0.5, 0.6) is 0 Å². The van der Waals surface area contributed by atoms with Crippen LogP contribution in [0, 0.1) is 5.92 Å². The third-order valence-corrected chi connectivity index (χ3v) is 10.4. The molecule has 0 N–H and O–H groups in total. The zero-order valence-corrected chi connectivity index (χ0v) is 28.7. The molecule has 4 heteroatoms. The second-order valence-electron chi connectivity index (χ2n) is 13.8. The number of allylic oxidation sites excluding steroid dienone is 1. The molecule has 0 radical (unpaired) electrons. The molecule has 0 fully saturated rings. The molecule has 1 aliphatic carbocycles. The molecule has 1 unspecified atom stereocenters. The van der Waals surface area contributed by atoms with Crippen molar-refractivity contribution >= 4 is 39.0 Å². The molecule has 1 atom stereocenters. The molecule has 3 aromatic heterocycles. The van der Waals surface area contributed by atoms with Crippen molar-refractivity contribution in [3.8, 4) is 56.0 Å². The molecule has 1 aliphatic rings. The molecule has 0 saturated heterocycles. The number of nitrogens with zero attached hydrogens (tertiary/aromatic N) is 2. The van der Waals surface area contributed by atoms with Crippen LogP contribution in [0.25, 0.3) is 95.0 Å². The molecule has 10 rings (SSSR count). The van der Waals surface area contributed by atoms with Gasteiger partial charge in [0.25, 0.3) is 0 Å². The Balaban J connectivity index is 0.952. The van der Waals surface area contributed by atoms with Crippen LogP contribution in [-0.2, 0) is 6.42 Å². The summed E-state index contributed by atoms with van der Waals surface area (Å²) in [6.07, 6.45) is 8.43. The fraction of sp³-hybridized carbons (Fsp3) is 0.0833. The predicted octanol–water partition coefficient (Wildman–Crippen LogP) is 13.1. The summed E-state index contributed by atoms with van der Waals surface area (Å²) in [5.74, 6) is 2.26. The van der Waals surface area contributed by atoms with E-state index in [0.717, 1.165) is 85.2 Å². The fourth-order valence-electron chi connectivity index (χ4n) is 7.60. The van der Waals surface area contributed by atoms with E-state index in [4.69, 9.17) is 18.8 Å². The summed E-state index contributed by atoms with van der Waals surface area (Å²) < 4.78 is 12.3. The Morgan fingerprint density at radius 3 is 1.88 bits per heavy atom. The Morgan fingerprint density at radius 1 is 0.519 bits per heavy atom. The smallest absolute Gasteiger partial charge is 0.159 e. The van der Waals surface area contributed by atoms with E-state index in [2.05, 4.69) is 140 Å². The summed E-state index contributed by atoms with van der Waals surface area (Å²) in [6.45, 7) is 2.27. The minimum Gasteiger partial charge on any atom is -0.456 e. The molecule has 0 bridgehead atoms.